The Morgan fingerprint density at radius 2 is 2.30 bits per heavy atom. The summed E-state index contributed by atoms with van der Waals surface area (Å²) in [6.07, 6.45) is 4.85. The molecular formula is C15H17N5O3. The number of amides is 3. The van der Waals surface area contributed by atoms with Crippen LogP contribution in [0.3, 0.4) is 0 Å². The van der Waals surface area contributed by atoms with Crippen molar-refractivity contribution in [2.24, 2.45) is 0 Å². The topological polar surface area (TPSA) is 88.5 Å². The number of carbonyl (C=O) groups excluding carboxylic acids is 2. The van der Waals surface area contributed by atoms with Crippen molar-refractivity contribution >= 4 is 23.5 Å². The van der Waals surface area contributed by atoms with Gasteiger partial charge in [-0.1, -0.05) is 6.07 Å². The number of carbonyl (C=O) groups is 2. The van der Waals surface area contributed by atoms with Gasteiger partial charge in [0.15, 0.2) is 0 Å². The van der Waals surface area contributed by atoms with Crippen LogP contribution in [0.15, 0.2) is 43.0 Å². The van der Waals surface area contributed by atoms with Gasteiger partial charge in [0, 0.05) is 36.9 Å². The molecule has 1 fully saturated rings. The zero-order valence-corrected chi connectivity index (χ0v) is 12.4. The smallest absolute Gasteiger partial charge is 0.414 e. The molecule has 1 saturated heterocycles. The van der Waals surface area contributed by atoms with E-state index in [1.807, 2.05) is 10.8 Å². The van der Waals surface area contributed by atoms with Crippen molar-refractivity contribution in [3.63, 3.8) is 0 Å². The summed E-state index contributed by atoms with van der Waals surface area (Å²) in [7, 11) is 0. The third-order valence-corrected chi connectivity index (χ3v) is 3.39. The molecule has 23 heavy (non-hydrogen) atoms. The summed E-state index contributed by atoms with van der Waals surface area (Å²) in [5, 5.41) is 5.51. The summed E-state index contributed by atoms with van der Waals surface area (Å²) < 4.78 is 6.78. The van der Waals surface area contributed by atoms with Crippen molar-refractivity contribution < 1.29 is 14.3 Å². The van der Waals surface area contributed by atoms with Gasteiger partial charge >= 0.3 is 12.1 Å². The maximum atomic E-state index is 11.9. The first kappa shape index (κ1) is 14.9. The number of cyclic esters (lactones) is 1. The molecule has 8 nitrogen and oxygen atoms in total. The van der Waals surface area contributed by atoms with E-state index in [2.05, 4.69) is 15.6 Å². The fourth-order valence-electron chi connectivity index (χ4n) is 2.27. The van der Waals surface area contributed by atoms with E-state index in [1.54, 1.807) is 36.8 Å². The Kier molecular flexibility index (Phi) is 4.41. The van der Waals surface area contributed by atoms with Gasteiger partial charge in [0.1, 0.15) is 6.61 Å². The lowest BCUT2D eigenvalue weighted by molar-refractivity contribution is 0.181. The molecule has 3 amide bonds. The van der Waals surface area contributed by atoms with Crippen molar-refractivity contribution in [1.82, 2.24) is 14.9 Å². The molecular weight excluding hydrogens is 298 g/mol. The van der Waals surface area contributed by atoms with Crippen LogP contribution in [-0.4, -0.2) is 41.4 Å². The lowest BCUT2D eigenvalue weighted by Crippen LogP contribution is -2.31. The summed E-state index contributed by atoms with van der Waals surface area (Å²) >= 11 is 0. The molecule has 0 bridgehead atoms. The molecule has 0 spiro atoms. The van der Waals surface area contributed by atoms with Gasteiger partial charge in [-0.2, -0.15) is 0 Å². The van der Waals surface area contributed by atoms with Crippen LogP contribution < -0.4 is 15.5 Å². The molecule has 2 N–H and O–H groups in total. The second-order valence-electron chi connectivity index (χ2n) is 5.00. The second kappa shape index (κ2) is 6.82. The minimum atomic E-state index is -0.369. The number of rotatable bonds is 5. The monoisotopic (exact) mass is 315 g/mol. The third kappa shape index (κ3) is 3.79. The molecule has 0 atom stereocenters. The van der Waals surface area contributed by atoms with Crippen LogP contribution in [0.4, 0.5) is 21.0 Å². The Labute approximate surface area is 133 Å². The Morgan fingerprint density at radius 1 is 1.39 bits per heavy atom. The van der Waals surface area contributed by atoms with Crippen molar-refractivity contribution in [2.75, 3.05) is 29.9 Å². The molecule has 0 radical (unpaired) electrons. The molecule has 8 heteroatoms. The number of nitrogens with one attached hydrogen (secondary N) is 2. The summed E-state index contributed by atoms with van der Waals surface area (Å²) in [5.41, 5.74) is 1.31. The highest BCUT2D eigenvalue weighted by Crippen LogP contribution is 2.22. The molecule has 0 saturated carbocycles. The van der Waals surface area contributed by atoms with E-state index < -0.39 is 0 Å². The van der Waals surface area contributed by atoms with Crippen molar-refractivity contribution in [2.45, 2.75) is 6.54 Å². The van der Waals surface area contributed by atoms with Gasteiger partial charge < -0.3 is 19.9 Å². The zero-order chi connectivity index (χ0) is 16.1. The summed E-state index contributed by atoms with van der Waals surface area (Å²) in [6.45, 7) is 2.03. The number of hydrogen-bond acceptors (Lipinski definition) is 4. The number of imidazole rings is 1. The quantitative estimate of drug-likeness (QED) is 0.878. The van der Waals surface area contributed by atoms with Crippen LogP contribution in [0.2, 0.25) is 0 Å². The molecule has 1 aliphatic heterocycles. The number of anilines is 2. The van der Waals surface area contributed by atoms with E-state index >= 15 is 0 Å². The molecule has 1 aromatic heterocycles. The van der Waals surface area contributed by atoms with Crippen LogP contribution >= 0.6 is 0 Å². The first-order valence-electron chi connectivity index (χ1n) is 7.27. The van der Waals surface area contributed by atoms with Crippen molar-refractivity contribution in [1.29, 1.82) is 0 Å². The van der Waals surface area contributed by atoms with Gasteiger partial charge in [-0.15, -0.1) is 0 Å². The summed E-state index contributed by atoms with van der Waals surface area (Å²) in [4.78, 5) is 28.9. The number of nitrogens with zero attached hydrogens (tertiary/aromatic N) is 3. The van der Waals surface area contributed by atoms with Crippen LogP contribution in [0.25, 0.3) is 0 Å². The first-order chi connectivity index (χ1) is 11.2. The van der Waals surface area contributed by atoms with E-state index in [9.17, 15) is 9.59 Å². The van der Waals surface area contributed by atoms with E-state index in [1.165, 1.54) is 4.90 Å². The Balaban J connectivity index is 1.53. The highest BCUT2D eigenvalue weighted by atomic mass is 16.6. The van der Waals surface area contributed by atoms with Gasteiger partial charge in [0.2, 0.25) is 0 Å². The van der Waals surface area contributed by atoms with E-state index in [4.69, 9.17) is 4.74 Å². The molecule has 1 aliphatic rings. The SMILES string of the molecule is O=C(NCCn1ccnc1)Nc1cccc(N2CCOC2=O)c1. The van der Waals surface area contributed by atoms with Crippen LogP contribution in [0, 0.1) is 0 Å². The predicted octanol–water partition coefficient (Wildman–Crippen LogP) is 1.66. The molecule has 1 aromatic carbocycles. The third-order valence-electron chi connectivity index (χ3n) is 3.39. The fourth-order valence-corrected chi connectivity index (χ4v) is 2.27. The van der Waals surface area contributed by atoms with Gasteiger partial charge in [0.25, 0.3) is 0 Å². The number of aromatic nitrogens is 2. The summed E-state index contributed by atoms with van der Waals surface area (Å²) in [5.74, 6) is 0. The second-order valence-corrected chi connectivity index (χ2v) is 5.00. The average Bonchev–Trinajstić information content (AvgIpc) is 3.19. The minimum absolute atomic E-state index is 0.300. The van der Waals surface area contributed by atoms with Gasteiger partial charge in [-0.3, -0.25) is 4.90 Å². The highest BCUT2D eigenvalue weighted by molar-refractivity contribution is 5.93. The Hall–Kier alpha value is -3.03. The van der Waals surface area contributed by atoms with Gasteiger partial charge in [-0.25, -0.2) is 14.6 Å². The van der Waals surface area contributed by atoms with Crippen LogP contribution in [0.1, 0.15) is 0 Å². The van der Waals surface area contributed by atoms with E-state index in [0.717, 1.165) is 0 Å². The maximum absolute atomic E-state index is 11.9. The zero-order valence-electron chi connectivity index (χ0n) is 12.4. The Bertz CT molecular complexity index is 686. The molecule has 2 heterocycles. The van der Waals surface area contributed by atoms with Crippen LogP contribution in [0.5, 0.6) is 0 Å². The van der Waals surface area contributed by atoms with Crippen LogP contribution in [-0.2, 0) is 11.3 Å². The average molecular weight is 315 g/mol. The Morgan fingerprint density at radius 3 is 3.04 bits per heavy atom. The van der Waals surface area contributed by atoms with E-state index in [0.29, 0.717) is 37.6 Å². The maximum Gasteiger partial charge on any atom is 0.414 e. The van der Waals surface area contributed by atoms with E-state index in [-0.39, 0.29) is 12.1 Å². The molecule has 0 unspecified atom stereocenters. The normalized spacial score (nSPS) is 13.7. The number of urea groups is 1. The van der Waals surface area contributed by atoms with Gasteiger partial charge in [-0.05, 0) is 18.2 Å². The highest BCUT2D eigenvalue weighted by Gasteiger charge is 2.23. The molecule has 2 aromatic rings. The fraction of sp³-hybridized carbons (Fsp3) is 0.267. The number of ether oxygens (including phenoxy) is 1. The lowest BCUT2D eigenvalue weighted by atomic mass is 10.2. The molecule has 3 rings (SSSR count). The van der Waals surface area contributed by atoms with Gasteiger partial charge in [0.05, 0.1) is 12.9 Å². The standard InChI is InChI=1S/C15H17N5O3/c21-14(17-5-7-19-6-4-16-11-19)18-12-2-1-3-13(10-12)20-8-9-23-15(20)22/h1-4,6,10-11H,5,7-9H2,(H2,17,18,21). The predicted molar refractivity (Wildman–Crippen MR) is 84.4 cm³/mol. The molecule has 120 valence electrons. The number of benzene rings is 1. The van der Waals surface area contributed by atoms with Crippen molar-refractivity contribution in [3.8, 4) is 0 Å². The lowest BCUT2D eigenvalue weighted by Gasteiger charge is -2.14. The molecule has 0 aliphatic carbocycles. The largest absolute Gasteiger partial charge is 0.447 e. The number of hydrogen-bond donors (Lipinski definition) is 2. The van der Waals surface area contributed by atoms with Crippen molar-refractivity contribution in [3.05, 3.63) is 43.0 Å². The summed E-state index contributed by atoms with van der Waals surface area (Å²) in [6, 6.07) is 6.78. The first-order valence-corrected chi connectivity index (χ1v) is 7.27. The minimum Gasteiger partial charge on any atom is -0.447 e.